The van der Waals surface area contributed by atoms with Crippen molar-refractivity contribution in [2.75, 3.05) is 52.4 Å². The van der Waals surface area contributed by atoms with Gasteiger partial charge in [-0.05, 0) is 123 Å². The lowest BCUT2D eigenvalue weighted by atomic mass is 10.00. The fraction of sp³-hybridized carbons (Fsp3) is 0.679. The van der Waals surface area contributed by atoms with Crippen LogP contribution in [0.3, 0.4) is 0 Å². The number of likely N-dealkylation sites (tertiary alicyclic amines) is 1. The highest BCUT2D eigenvalue weighted by Crippen LogP contribution is 2.21. The van der Waals surface area contributed by atoms with E-state index in [1.165, 1.54) is 30.9 Å². The van der Waals surface area contributed by atoms with Crippen molar-refractivity contribution < 1.29 is 58.5 Å². The first kappa shape index (κ1) is 70.7. The van der Waals surface area contributed by atoms with E-state index in [1.54, 1.807) is 12.1 Å². The van der Waals surface area contributed by atoms with Gasteiger partial charge in [-0.3, -0.25) is 53.1 Å². The van der Waals surface area contributed by atoms with Gasteiger partial charge in [-0.2, -0.15) is 0 Å². The van der Waals surface area contributed by atoms with Crippen molar-refractivity contribution in [1.82, 2.24) is 58.1 Å². The number of hydrogen-bond donors (Lipinski definition) is 15. The molecule has 0 spiro atoms. The SMILES string of the molecule is CC(=O)O.CCNC(=NCCCC[C@H](NC(=O)[C@H](CC(C)C)NC(=O)[C@@H](CCCCN=C(NCC)NCC)NC(=O)[C@H](Cc1ccc(O)cc1)NC(=O)[C@H](CO)NC(=O)[C@@H](C)N)C(=O)N1CCC[C@H]1C(=O)N[C@H](C)C(N)=O)NCC. The molecular formula is C53H93N15O12. The predicted octanol–water partition coefficient (Wildman–Crippen LogP) is -1.69. The number of hydrogen-bond acceptors (Lipinski definition) is 14. The number of carbonyl (C=O) groups is 9. The summed E-state index contributed by atoms with van der Waals surface area (Å²) in [6, 6.07) is -3.57. The molecule has 452 valence electrons. The molecular weight excluding hydrogens is 1040 g/mol. The van der Waals surface area contributed by atoms with E-state index in [1.807, 2.05) is 41.5 Å². The van der Waals surface area contributed by atoms with E-state index in [4.69, 9.17) is 21.4 Å². The summed E-state index contributed by atoms with van der Waals surface area (Å²) < 4.78 is 0. The monoisotopic (exact) mass is 1130 g/mol. The van der Waals surface area contributed by atoms with Crippen LogP contribution < -0.4 is 64.6 Å². The molecule has 1 aliphatic rings. The van der Waals surface area contributed by atoms with Crippen LogP contribution in [0.4, 0.5) is 0 Å². The van der Waals surface area contributed by atoms with Gasteiger partial charge in [0.05, 0.1) is 12.6 Å². The number of rotatable bonds is 33. The van der Waals surface area contributed by atoms with Gasteiger partial charge in [-0.25, -0.2) is 0 Å². The molecule has 27 nitrogen and oxygen atoms in total. The summed E-state index contributed by atoms with van der Waals surface area (Å²) in [6.45, 7) is 18.2. The average Bonchev–Trinajstić information content (AvgIpc) is 3.89. The standard InChI is InChI=1S/C51H89N15O10.C2H4O2/c1-9-54-50(55-10-2)58-25-15-13-18-36(61-46(73)39(29-34-21-23-35(68)24-22-34)64-47(74)40(30-67)65-43(70)32(7)52)44(71)63-38(28-31(5)6)45(72)62-37(19-14-16-26-59-51(56-11-3)57-12-4)49(76)66-27-17-20-41(66)48(75)60-33(8)42(53)69;1-2(3)4/h21-24,31-33,36-41,67-68H,9-20,25-30,52H2,1-8H3,(H2,53,69)(H,60,75)(H,61,73)(H,62,72)(H,63,71)(H,64,74)(H,65,70)(H2,54,55,58)(H2,56,57,59);1H3,(H,3,4)/t32-,33-,36-,37+,38+,39+,40+,41+;/m1./s1. The lowest BCUT2D eigenvalue weighted by molar-refractivity contribution is -0.142. The maximum atomic E-state index is 14.6. The average molecular weight is 1130 g/mol. The van der Waals surface area contributed by atoms with E-state index in [9.17, 15) is 48.6 Å². The second-order valence-electron chi connectivity index (χ2n) is 19.7. The smallest absolute Gasteiger partial charge is 0.300 e. The van der Waals surface area contributed by atoms with E-state index < -0.39 is 108 Å². The molecule has 0 radical (unpaired) electrons. The topological polar surface area (TPSA) is 415 Å². The van der Waals surface area contributed by atoms with Crippen molar-refractivity contribution in [3.8, 4) is 5.75 Å². The Hall–Kier alpha value is -7.29. The van der Waals surface area contributed by atoms with E-state index in [2.05, 4.69) is 63.2 Å². The lowest BCUT2D eigenvalue weighted by Gasteiger charge is -2.31. The van der Waals surface area contributed by atoms with Crippen molar-refractivity contribution in [3.63, 3.8) is 0 Å². The van der Waals surface area contributed by atoms with E-state index in [-0.39, 0.29) is 43.9 Å². The Labute approximate surface area is 470 Å². The van der Waals surface area contributed by atoms with Crippen molar-refractivity contribution in [3.05, 3.63) is 29.8 Å². The first-order chi connectivity index (χ1) is 37.9. The maximum absolute atomic E-state index is 14.6. The highest BCUT2D eigenvalue weighted by Gasteiger charge is 2.39. The number of aliphatic imine (C=N–C) groups is 2. The largest absolute Gasteiger partial charge is 0.508 e. The Morgan fingerprint density at radius 1 is 0.637 bits per heavy atom. The van der Waals surface area contributed by atoms with Crippen LogP contribution in [0.1, 0.15) is 126 Å². The lowest BCUT2D eigenvalue weighted by Crippen LogP contribution is -2.60. The summed E-state index contributed by atoms with van der Waals surface area (Å²) in [5, 5.41) is 56.1. The first-order valence-electron chi connectivity index (χ1n) is 27.7. The van der Waals surface area contributed by atoms with Gasteiger partial charge >= 0.3 is 0 Å². The molecule has 1 fully saturated rings. The number of benzene rings is 1. The number of carboxylic acid groups (broad SMARTS) is 1. The fourth-order valence-electron chi connectivity index (χ4n) is 8.10. The van der Waals surface area contributed by atoms with E-state index in [0.29, 0.717) is 95.3 Å². The number of aliphatic hydroxyl groups excluding tert-OH is 1. The second kappa shape index (κ2) is 39.1. The molecule has 1 aliphatic heterocycles. The van der Waals surface area contributed by atoms with Gasteiger partial charge in [-0.1, -0.05) is 26.0 Å². The molecule has 27 heteroatoms. The number of phenolic OH excluding ortho intramolecular Hbond substituents is 1. The van der Waals surface area contributed by atoms with Gasteiger partial charge in [0, 0.05) is 59.2 Å². The third kappa shape index (κ3) is 28.0. The molecule has 1 heterocycles. The van der Waals surface area contributed by atoms with Crippen molar-refractivity contribution in [1.29, 1.82) is 0 Å². The highest BCUT2D eigenvalue weighted by atomic mass is 16.4. The minimum atomic E-state index is -1.49. The summed E-state index contributed by atoms with van der Waals surface area (Å²) in [6.07, 6.45) is 2.84. The van der Waals surface area contributed by atoms with E-state index >= 15 is 0 Å². The normalized spacial score (nSPS) is 15.2. The Morgan fingerprint density at radius 3 is 1.55 bits per heavy atom. The molecule has 8 atom stereocenters. The van der Waals surface area contributed by atoms with Crippen molar-refractivity contribution in [2.45, 2.75) is 175 Å². The summed E-state index contributed by atoms with van der Waals surface area (Å²) in [7, 11) is 0. The zero-order chi connectivity index (χ0) is 60.3. The summed E-state index contributed by atoms with van der Waals surface area (Å²) in [4.78, 5) is 129. The number of aliphatic hydroxyl groups is 1. The molecule has 80 heavy (non-hydrogen) atoms. The number of primary amides is 1. The number of unbranched alkanes of at least 4 members (excludes halogenated alkanes) is 2. The zero-order valence-electron chi connectivity index (χ0n) is 48.2. The molecule has 0 aromatic heterocycles. The molecule has 8 amide bonds. The summed E-state index contributed by atoms with van der Waals surface area (Å²) in [5.74, 6) is -5.47. The van der Waals surface area contributed by atoms with Crippen LogP contribution in [0.5, 0.6) is 5.75 Å². The third-order valence-electron chi connectivity index (χ3n) is 12.2. The number of guanidine groups is 2. The number of carbonyl (C=O) groups excluding carboxylic acids is 8. The van der Waals surface area contributed by atoms with Gasteiger partial charge in [-0.15, -0.1) is 0 Å². The molecule has 0 aliphatic carbocycles. The fourth-order valence-corrected chi connectivity index (χ4v) is 8.10. The van der Waals surface area contributed by atoms with Crippen molar-refractivity contribution >= 4 is 65.1 Å². The first-order valence-corrected chi connectivity index (χ1v) is 27.7. The molecule has 1 saturated heterocycles. The Kier molecular flexibility index (Phi) is 34.6. The number of amides is 8. The molecule has 0 bridgehead atoms. The quantitative estimate of drug-likeness (QED) is 0.0212. The van der Waals surface area contributed by atoms with Crippen LogP contribution >= 0.6 is 0 Å². The molecule has 17 N–H and O–H groups in total. The Morgan fingerprint density at radius 2 is 1.07 bits per heavy atom. The van der Waals surface area contributed by atoms with Gasteiger partial charge in [0.25, 0.3) is 5.97 Å². The molecule has 1 aromatic rings. The van der Waals surface area contributed by atoms with Crippen LogP contribution in [0.2, 0.25) is 0 Å². The molecule has 1 aromatic carbocycles. The third-order valence-corrected chi connectivity index (χ3v) is 12.2. The van der Waals surface area contributed by atoms with Crippen LogP contribution in [0.25, 0.3) is 0 Å². The molecule has 0 saturated carbocycles. The van der Waals surface area contributed by atoms with Gasteiger partial charge in [0.15, 0.2) is 11.9 Å². The number of carboxylic acids is 1. The number of nitrogens with zero attached hydrogens (tertiary/aromatic N) is 3. The van der Waals surface area contributed by atoms with Crippen LogP contribution in [-0.4, -0.2) is 186 Å². The van der Waals surface area contributed by atoms with Gasteiger partial charge in [0.1, 0.15) is 48.0 Å². The van der Waals surface area contributed by atoms with Crippen LogP contribution in [-0.2, 0) is 49.6 Å². The van der Waals surface area contributed by atoms with Gasteiger partial charge in [0.2, 0.25) is 47.3 Å². The minimum absolute atomic E-state index is 0.0455. The van der Waals surface area contributed by atoms with Crippen molar-refractivity contribution in [2.24, 2.45) is 27.4 Å². The van der Waals surface area contributed by atoms with Crippen LogP contribution in [0, 0.1) is 5.92 Å². The number of nitrogens with one attached hydrogen (secondary N) is 10. The summed E-state index contributed by atoms with van der Waals surface area (Å²) >= 11 is 0. The molecule has 0 unspecified atom stereocenters. The van der Waals surface area contributed by atoms with Gasteiger partial charge < -0.3 is 84.9 Å². The number of phenols is 1. The highest BCUT2D eigenvalue weighted by molar-refractivity contribution is 5.98. The number of aromatic hydroxyl groups is 1. The maximum Gasteiger partial charge on any atom is 0.300 e. The zero-order valence-corrected chi connectivity index (χ0v) is 48.2. The Bertz CT molecular complexity index is 2160. The van der Waals surface area contributed by atoms with Crippen LogP contribution in [0.15, 0.2) is 34.3 Å². The summed E-state index contributed by atoms with van der Waals surface area (Å²) in [5.41, 5.74) is 11.6. The minimum Gasteiger partial charge on any atom is -0.508 e. The number of nitrogens with two attached hydrogens (primary N) is 2. The predicted molar refractivity (Wildman–Crippen MR) is 304 cm³/mol. The Balaban J connectivity index is 0.00000772. The second-order valence-corrected chi connectivity index (χ2v) is 19.7. The van der Waals surface area contributed by atoms with E-state index in [0.717, 1.165) is 6.92 Å². The molecule has 2 rings (SSSR count). The number of aliphatic carboxylic acids is 1.